The summed E-state index contributed by atoms with van der Waals surface area (Å²) >= 11 is 5.22. The van der Waals surface area contributed by atoms with Gasteiger partial charge in [-0.15, -0.1) is 0 Å². The maximum atomic E-state index is 13.8. The molecule has 100 valence electrons. The summed E-state index contributed by atoms with van der Waals surface area (Å²) < 4.78 is 19.3. The molecule has 1 aromatic heterocycles. The minimum absolute atomic E-state index is 0.210. The molecule has 3 nitrogen and oxygen atoms in total. The molecule has 1 N–H and O–H groups in total. The third-order valence-electron chi connectivity index (χ3n) is 3.12. The molecular formula is C15H11FN2OS. The van der Waals surface area contributed by atoms with E-state index in [0.717, 1.165) is 10.8 Å². The molecule has 0 aliphatic rings. The van der Waals surface area contributed by atoms with Crippen molar-refractivity contribution in [1.82, 2.24) is 10.2 Å². The van der Waals surface area contributed by atoms with Crippen molar-refractivity contribution < 1.29 is 9.13 Å². The summed E-state index contributed by atoms with van der Waals surface area (Å²) in [6.45, 7) is 0. The van der Waals surface area contributed by atoms with E-state index < -0.39 is 5.82 Å². The van der Waals surface area contributed by atoms with Gasteiger partial charge in [-0.2, -0.15) is 5.10 Å². The van der Waals surface area contributed by atoms with Crippen LogP contribution in [0.15, 0.2) is 42.5 Å². The molecule has 20 heavy (non-hydrogen) atoms. The van der Waals surface area contributed by atoms with E-state index in [-0.39, 0.29) is 5.75 Å². The zero-order valence-corrected chi connectivity index (χ0v) is 11.5. The van der Waals surface area contributed by atoms with Gasteiger partial charge in [-0.05, 0) is 18.2 Å². The number of hydrogen-bond donors (Lipinski definition) is 1. The van der Waals surface area contributed by atoms with Gasteiger partial charge in [0, 0.05) is 16.3 Å². The van der Waals surface area contributed by atoms with E-state index in [1.54, 1.807) is 12.1 Å². The molecular weight excluding hydrogens is 275 g/mol. The number of fused-ring (bicyclic) bond motifs is 1. The Morgan fingerprint density at radius 1 is 1.15 bits per heavy atom. The third kappa shape index (κ3) is 2.06. The molecule has 0 unspecified atom stereocenters. The van der Waals surface area contributed by atoms with E-state index in [2.05, 4.69) is 10.2 Å². The molecule has 0 radical (unpaired) electrons. The lowest BCUT2D eigenvalue weighted by atomic mass is 10.1. The predicted molar refractivity (Wildman–Crippen MR) is 78.9 cm³/mol. The number of aromatic amines is 1. The summed E-state index contributed by atoms with van der Waals surface area (Å²) in [4.78, 5) is 0. The minimum atomic E-state index is -0.418. The smallest absolute Gasteiger partial charge is 0.165 e. The first-order valence-corrected chi connectivity index (χ1v) is 6.43. The molecule has 0 saturated carbocycles. The Balaban J connectivity index is 2.27. The molecule has 0 aliphatic heterocycles. The van der Waals surface area contributed by atoms with Gasteiger partial charge < -0.3 is 4.74 Å². The molecule has 0 spiro atoms. The Morgan fingerprint density at radius 2 is 1.90 bits per heavy atom. The Bertz CT molecular complexity index is 845. The molecule has 3 aromatic rings. The molecule has 0 saturated heterocycles. The molecule has 5 heteroatoms. The van der Waals surface area contributed by atoms with E-state index in [9.17, 15) is 4.39 Å². The fourth-order valence-corrected chi connectivity index (χ4v) is 2.37. The molecule has 0 bridgehead atoms. The van der Waals surface area contributed by atoms with Crippen LogP contribution in [0.5, 0.6) is 5.75 Å². The van der Waals surface area contributed by atoms with Gasteiger partial charge in [0.05, 0.1) is 12.8 Å². The number of halogens is 1. The topological polar surface area (TPSA) is 37.9 Å². The molecule has 0 atom stereocenters. The van der Waals surface area contributed by atoms with Crippen LogP contribution in [0.2, 0.25) is 0 Å². The van der Waals surface area contributed by atoms with E-state index in [0.29, 0.717) is 15.9 Å². The summed E-state index contributed by atoms with van der Waals surface area (Å²) in [6.07, 6.45) is 0. The second kappa shape index (κ2) is 5.02. The number of rotatable bonds is 2. The maximum absolute atomic E-state index is 13.8. The highest BCUT2D eigenvalue weighted by atomic mass is 32.1. The first kappa shape index (κ1) is 12.7. The second-order valence-electron chi connectivity index (χ2n) is 4.30. The van der Waals surface area contributed by atoms with Crippen LogP contribution in [0, 0.1) is 10.5 Å². The summed E-state index contributed by atoms with van der Waals surface area (Å²) in [5, 5.41) is 8.82. The quantitative estimate of drug-likeness (QED) is 0.720. The lowest BCUT2D eigenvalue weighted by Gasteiger charge is -2.07. The zero-order chi connectivity index (χ0) is 14.1. The Hall–Kier alpha value is -2.27. The van der Waals surface area contributed by atoms with Crippen LogP contribution in [0.3, 0.4) is 0 Å². The van der Waals surface area contributed by atoms with Crippen molar-refractivity contribution in [3.8, 4) is 17.0 Å². The summed E-state index contributed by atoms with van der Waals surface area (Å²) in [5.41, 5.74) is 1.33. The third-order valence-corrected chi connectivity index (χ3v) is 3.43. The van der Waals surface area contributed by atoms with Crippen molar-refractivity contribution in [3.63, 3.8) is 0 Å². The minimum Gasteiger partial charge on any atom is -0.494 e. The lowest BCUT2D eigenvalue weighted by molar-refractivity contribution is 0.386. The first-order valence-electron chi connectivity index (χ1n) is 6.02. The normalized spacial score (nSPS) is 10.7. The van der Waals surface area contributed by atoms with Crippen molar-refractivity contribution in [2.24, 2.45) is 0 Å². The number of nitrogens with one attached hydrogen (secondary N) is 1. The van der Waals surface area contributed by atoms with Gasteiger partial charge in [-0.25, -0.2) is 4.39 Å². The van der Waals surface area contributed by atoms with E-state index in [4.69, 9.17) is 17.0 Å². The van der Waals surface area contributed by atoms with Crippen LogP contribution in [0.25, 0.3) is 22.0 Å². The number of hydrogen-bond acceptors (Lipinski definition) is 3. The van der Waals surface area contributed by atoms with Crippen LogP contribution < -0.4 is 4.74 Å². The van der Waals surface area contributed by atoms with Crippen molar-refractivity contribution in [2.75, 3.05) is 7.11 Å². The summed E-state index contributed by atoms with van der Waals surface area (Å²) in [6, 6.07) is 12.4. The number of benzene rings is 2. The lowest BCUT2D eigenvalue weighted by Crippen LogP contribution is -1.93. The summed E-state index contributed by atoms with van der Waals surface area (Å²) in [7, 11) is 1.44. The highest BCUT2D eigenvalue weighted by Gasteiger charge is 2.10. The maximum Gasteiger partial charge on any atom is 0.165 e. The standard InChI is InChI=1S/C15H11FN2OS/c1-19-13-7-6-9(8-12(13)16)14-10-4-2-3-5-11(10)15(20)18-17-14/h2-8H,1H3,(H,18,20). The number of nitrogens with zero attached hydrogens (tertiary/aromatic N) is 1. The monoisotopic (exact) mass is 286 g/mol. The largest absolute Gasteiger partial charge is 0.494 e. The average molecular weight is 286 g/mol. The van der Waals surface area contributed by atoms with E-state index in [1.807, 2.05) is 24.3 Å². The zero-order valence-electron chi connectivity index (χ0n) is 10.7. The van der Waals surface area contributed by atoms with Crippen LogP contribution in [-0.4, -0.2) is 17.3 Å². The molecule has 0 amide bonds. The Labute approximate surface area is 120 Å². The fourth-order valence-electron chi connectivity index (χ4n) is 2.15. The Morgan fingerprint density at radius 3 is 2.60 bits per heavy atom. The van der Waals surface area contributed by atoms with E-state index >= 15 is 0 Å². The predicted octanol–water partition coefficient (Wildman–Crippen LogP) is 4.11. The highest BCUT2D eigenvalue weighted by Crippen LogP contribution is 2.29. The first-order chi connectivity index (χ1) is 9.70. The Kier molecular flexibility index (Phi) is 3.20. The van der Waals surface area contributed by atoms with Crippen LogP contribution in [0.1, 0.15) is 0 Å². The van der Waals surface area contributed by atoms with Gasteiger partial charge in [0.25, 0.3) is 0 Å². The number of H-pyrrole nitrogens is 1. The number of aromatic nitrogens is 2. The van der Waals surface area contributed by atoms with Crippen LogP contribution >= 0.6 is 12.2 Å². The molecule has 2 aromatic carbocycles. The molecule has 0 aliphatic carbocycles. The van der Waals surface area contributed by atoms with Gasteiger partial charge in [0.15, 0.2) is 11.6 Å². The number of ether oxygens (including phenoxy) is 1. The van der Waals surface area contributed by atoms with Crippen molar-refractivity contribution in [1.29, 1.82) is 0 Å². The van der Waals surface area contributed by atoms with Gasteiger partial charge in [-0.3, -0.25) is 5.10 Å². The van der Waals surface area contributed by atoms with E-state index in [1.165, 1.54) is 13.2 Å². The highest BCUT2D eigenvalue weighted by molar-refractivity contribution is 7.71. The van der Waals surface area contributed by atoms with Crippen LogP contribution in [-0.2, 0) is 0 Å². The van der Waals surface area contributed by atoms with Crippen molar-refractivity contribution >= 4 is 23.0 Å². The average Bonchev–Trinajstić information content (AvgIpc) is 2.48. The van der Waals surface area contributed by atoms with Gasteiger partial charge in [0.1, 0.15) is 4.64 Å². The second-order valence-corrected chi connectivity index (χ2v) is 4.70. The molecule has 0 fully saturated rings. The molecule has 1 heterocycles. The fraction of sp³-hybridized carbons (Fsp3) is 0.0667. The van der Waals surface area contributed by atoms with Gasteiger partial charge in [-0.1, -0.05) is 36.5 Å². The van der Waals surface area contributed by atoms with Gasteiger partial charge in [0.2, 0.25) is 0 Å². The molecule has 3 rings (SSSR count). The van der Waals surface area contributed by atoms with Crippen molar-refractivity contribution in [3.05, 3.63) is 52.9 Å². The summed E-state index contributed by atoms with van der Waals surface area (Å²) in [5.74, 6) is -0.208. The SMILES string of the molecule is COc1ccc(-c2n[nH]c(=S)c3ccccc23)cc1F. The van der Waals surface area contributed by atoms with Gasteiger partial charge >= 0.3 is 0 Å². The van der Waals surface area contributed by atoms with Crippen molar-refractivity contribution in [2.45, 2.75) is 0 Å². The van der Waals surface area contributed by atoms with Crippen LogP contribution in [0.4, 0.5) is 4.39 Å². The number of methoxy groups -OCH3 is 1.